The van der Waals surface area contributed by atoms with Gasteiger partial charge >= 0.3 is 5.97 Å². The summed E-state index contributed by atoms with van der Waals surface area (Å²) < 4.78 is 29.3. The van der Waals surface area contributed by atoms with Gasteiger partial charge < -0.3 is 4.74 Å². The van der Waals surface area contributed by atoms with Crippen LogP contribution in [0.3, 0.4) is 0 Å². The topological polar surface area (TPSA) is 63.7 Å². The van der Waals surface area contributed by atoms with Gasteiger partial charge in [0.25, 0.3) is 0 Å². The predicted molar refractivity (Wildman–Crippen MR) is 62.5 cm³/mol. The monoisotopic (exact) mass is 251 g/mol. The first kappa shape index (κ1) is 15.4. The molecule has 0 bridgehead atoms. The van der Waals surface area contributed by atoms with Gasteiger partial charge in [-0.15, -0.1) is 0 Å². The van der Waals surface area contributed by atoms with Crippen LogP contribution in [-0.2, 0) is 19.6 Å². The molecule has 0 amide bonds. The number of ether oxygens (including phenoxy) is 1. The molecule has 0 aliphatic rings. The Hall–Kier alpha value is -0.620. The summed E-state index contributed by atoms with van der Waals surface area (Å²) in [6.07, 6.45) is 0.597. The van der Waals surface area contributed by atoms with Gasteiger partial charge in [0.1, 0.15) is 6.54 Å². The Kier molecular flexibility index (Phi) is 6.59. The average molecular weight is 251 g/mol. The smallest absolute Gasteiger partial charge is 0.321 e. The van der Waals surface area contributed by atoms with Crippen molar-refractivity contribution in [3.63, 3.8) is 0 Å². The lowest BCUT2D eigenvalue weighted by Gasteiger charge is -2.19. The van der Waals surface area contributed by atoms with Gasteiger partial charge in [-0.25, -0.2) is 8.42 Å². The molecule has 0 spiro atoms. The van der Waals surface area contributed by atoms with Crippen LogP contribution in [0.25, 0.3) is 0 Å². The average Bonchev–Trinajstić information content (AvgIpc) is 2.22. The Morgan fingerprint density at radius 2 is 1.94 bits per heavy atom. The van der Waals surface area contributed by atoms with E-state index in [0.29, 0.717) is 12.3 Å². The van der Waals surface area contributed by atoms with E-state index in [4.69, 9.17) is 0 Å². The lowest BCUT2D eigenvalue weighted by molar-refractivity contribution is -0.140. The molecule has 0 aromatic rings. The van der Waals surface area contributed by atoms with Crippen molar-refractivity contribution in [3.05, 3.63) is 0 Å². The molecular weight excluding hydrogens is 230 g/mol. The minimum atomic E-state index is -3.34. The minimum Gasteiger partial charge on any atom is -0.468 e. The first-order chi connectivity index (χ1) is 7.33. The highest BCUT2D eigenvalue weighted by atomic mass is 32.2. The van der Waals surface area contributed by atoms with Gasteiger partial charge in [0, 0.05) is 6.54 Å². The molecule has 0 aromatic heterocycles. The highest BCUT2D eigenvalue weighted by molar-refractivity contribution is 7.89. The van der Waals surface area contributed by atoms with Crippen LogP contribution in [0, 0.1) is 5.92 Å². The van der Waals surface area contributed by atoms with E-state index in [2.05, 4.69) is 4.74 Å². The maximum Gasteiger partial charge on any atom is 0.321 e. The van der Waals surface area contributed by atoms with Crippen LogP contribution in [0.2, 0.25) is 0 Å². The zero-order valence-electron chi connectivity index (χ0n) is 10.4. The number of hydrogen-bond donors (Lipinski definition) is 0. The summed E-state index contributed by atoms with van der Waals surface area (Å²) in [6.45, 7) is 5.72. The lowest BCUT2D eigenvalue weighted by Crippen LogP contribution is -2.37. The largest absolute Gasteiger partial charge is 0.468 e. The van der Waals surface area contributed by atoms with Gasteiger partial charge in [-0.2, -0.15) is 4.31 Å². The number of carbonyl (C=O) groups is 1. The Labute approximate surface area is 97.8 Å². The summed E-state index contributed by atoms with van der Waals surface area (Å²) in [5.41, 5.74) is 0. The highest BCUT2D eigenvalue weighted by Gasteiger charge is 2.23. The molecule has 5 nitrogen and oxygen atoms in total. The van der Waals surface area contributed by atoms with E-state index < -0.39 is 16.0 Å². The van der Waals surface area contributed by atoms with Crippen molar-refractivity contribution in [3.8, 4) is 0 Å². The summed E-state index contributed by atoms with van der Waals surface area (Å²) in [7, 11) is -2.09. The number of rotatable bonds is 7. The van der Waals surface area contributed by atoms with E-state index in [1.54, 1.807) is 6.92 Å². The maximum atomic E-state index is 11.8. The highest BCUT2D eigenvalue weighted by Crippen LogP contribution is 2.08. The van der Waals surface area contributed by atoms with E-state index in [-0.39, 0.29) is 18.8 Å². The molecule has 0 aliphatic heterocycles. The normalized spacial score (nSPS) is 12.1. The molecule has 0 radical (unpaired) electrons. The second kappa shape index (κ2) is 6.85. The maximum absolute atomic E-state index is 11.8. The van der Waals surface area contributed by atoms with E-state index in [1.807, 2.05) is 13.8 Å². The predicted octanol–water partition coefficient (Wildman–Crippen LogP) is 0.857. The van der Waals surface area contributed by atoms with Crippen molar-refractivity contribution in [1.29, 1.82) is 0 Å². The molecule has 6 heteroatoms. The molecule has 0 heterocycles. The van der Waals surface area contributed by atoms with Crippen LogP contribution in [0.5, 0.6) is 0 Å². The summed E-state index contributed by atoms with van der Waals surface area (Å²) >= 11 is 0. The fourth-order valence-corrected chi connectivity index (χ4v) is 2.85. The third-order valence-corrected chi connectivity index (χ3v) is 4.16. The molecular formula is C10H21NO4S. The number of methoxy groups -OCH3 is 1. The van der Waals surface area contributed by atoms with Crippen LogP contribution in [0.15, 0.2) is 0 Å². The van der Waals surface area contributed by atoms with Crippen molar-refractivity contribution in [1.82, 2.24) is 4.31 Å². The Balaban J connectivity index is 4.49. The number of hydrogen-bond acceptors (Lipinski definition) is 4. The van der Waals surface area contributed by atoms with Crippen LogP contribution in [-0.4, -0.2) is 44.6 Å². The molecule has 0 unspecified atom stereocenters. The zero-order chi connectivity index (χ0) is 12.8. The standard InChI is InChI=1S/C10H21NO4S/c1-5-11(8-10(12)15-4)16(13,14)7-6-9(2)3/h9H,5-8H2,1-4H3. The molecule has 16 heavy (non-hydrogen) atoms. The van der Waals surface area contributed by atoms with Crippen molar-refractivity contribution >= 4 is 16.0 Å². The van der Waals surface area contributed by atoms with Crippen molar-refractivity contribution in [2.75, 3.05) is 26.0 Å². The SMILES string of the molecule is CCN(CC(=O)OC)S(=O)(=O)CCC(C)C. The molecule has 0 atom stereocenters. The van der Waals surface area contributed by atoms with Gasteiger partial charge in [-0.3, -0.25) is 4.79 Å². The summed E-state index contributed by atoms with van der Waals surface area (Å²) in [5, 5.41) is 0. The lowest BCUT2D eigenvalue weighted by atomic mass is 10.2. The molecule has 0 fully saturated rings. The molecule has 96 valence electrons. The Morgan fingerprint density at radius 1 is 1.38 bits per heavy atom. The number of nitrogens with zero attached hydrogens (tertiary/aromatic N) is 1. The van der Waals surface area contributed by atoms with Crippen molar-refractivity contribution in [2.24, 2.45) is 5.92 Å². The first-order valence-corrected chi connectivity index (χ1v) is 6.99. The number of carbonyl (C=O) groups excluding carboxylic acids is 1. The molecule has 0 aromatic carbocycles. The van der Waals surface area contributed by atoms with Gasteiger partial charge in [0.15, 0.2) is 0 Å². The molecule has 0 saturated carbocycles. The van der Waals surface area contributed by atoms with Crippen LogP contribution < -0.4 is 0 Å². The molecule has 0 aliphatic carbocycles. The third kappa shape index (κ3) is 5.46. The van der Waals surface area contributed by atoms with Gasteiger partial charge in [0.05, 0.1) is 12.9 Å². The Bertz CT molecular complexity index is 311. The molecule has 0 saturated heterocycles. The van der Waals surface area contributed by atoms with E-state index in [0.717, 1.165) is 4.31 Å². The number of likely N-dealkylation sites (N-methyl/N-ethyl adjacent to an activating group) is 1. The molecule has 0 N–H and O–H groups in total. The molecule has 0 rings (SSSR count). The van der Waals surface area contributed by atoms with Gasteiger partial charge in [-0.1, -0.05) is 20.8 Å². The summed E-state index contributed by atoms with van der Waals surface area (Å²) in [4.78, 5) is 11.0. The second-order valence-electron chi connectivity index (χ2n) is 4.00. The van der Waals surface area contributed by atoms with E-state index in [9.17, 15) is 13.2 Å². The second-order valence-corrected chi connectivity index (χ2v) is 6.09. The van der Waals surface area contributed by atoms with Gasteiger partial charge in [0.2, 0.25) is 10.0 Å². The van der Waals surface area contributed by atoms with Gasteiger partial charge in [-0.05, 0) is 12.3 Å². The van der Waals surface area contributed by atoms with Crippen molar-refractivity contribution in [2.45, 2.75) is 27.2 Å². The van der Waals surface area contributed by atoms with E-state index in [1.165, 1.54) is 7.11 Å². The first-order valence-electron chi connectivity index (χ1n) is 5.38. The van der Waals surface area contributed by atoms with Crippen molar-refractivity contribution < 1.29 is 17.9 Å². The van der Waals surface area contributed by atoms with E-state index >= 15 is 0 Å². The quantitative estimate of drug-likeness (QED) is 0.629. The fraction of sp³-hybridized carbons (Fsp3) is 0.900. The van der Waals surface area contributed by atoms with Crippen LogP contribution in [0.4, 0.5) is 0 Å². The minimum absolute atomic E-state index is 0.0789. The third-order valence-electron chi connectivity index (χ3n) is 2.23. The number of sulfonamides is 1. The van der Waals surface area contributed by atoms with Crippen LogP contribution >= 0.6 is 0 Å². The number of esters is 1. The summed E-state index contributed by atoms with van der Waals surface area (Å²) in [6, 6.07) is 0. The fourth-order valence-electron chi connectivity index (χ4n) is 1.13. The zero-order valence-corrected chi connectivity index (χ0v) is 11.2. The van der Waals surface area contributed by atoms with Crippen LogP contribution in [0.1, 0.15) is 27.2 Å². The Morgan fingerprint density at radius 3 is 2.31 bits per heavy atom. The summed E-state index contributed by atoms with van der Waals surface area (Å²) in [5.74, 6) is -0.128.